The number of anilines is 1. The summed E-state index contributed by atoms with van der Waals surface area (Å²) in [7, 11) is 0. The van der Waals surface area contributed by atoms with Gasteiger partial charge >= 0.3 is 5.97 Å². The molecule has 0 bridgehead atoms. The number of carboxylic acid groups (broad SMARTS) is 1. The third kappa shape index (κ3) is 4.24. The summed E-state index contributed by atoms with van der Waals surface area (Å²) in [6.45, 7) is 4.05. The van der Waals surface area contributed by atoms with E-state index in [-0.39, 0.29) is 50.4 Å². The predicted octanol–water partition coefficient (Wildman–Crippen LogP) is 1.51. The van der Waals surface area contributed by atoms with Gasteiger partial charge in [0.15, 0.2) is 6.61 Å². The third-order valence-electron chi connectivity index (χ3n) is 3.87. The molecule has 0 aromatic heterocycles. The van der Waals surface area contributed by atoms with Crippen LogP contribution in [0, 0.1) is 0 Å². The molecule has 1 N–H and O–H groups in total. The van der Waals surface area contributed by atoms with Gasteiger partial charge in [-0.15, -0.1) is 0 Å². The summed E-state index contributed by atoms with van der Waals surface area (Å²) in [6.07, 6.45) is 0.0428. The molecule has 0 atom stereocenters. The Balaban J connectivity index is 2.02. The SMILES string of the molecule is CC(C)N(CCC(=O)O)C(=O)CCN1C(=O)COc2ccccc21. The van der Waals surface area contributed by atoms with Crippen LogP contribution in [0.1, 0.15) is 26.7 Å². The highest BCUT2D eigenvalue weighted by Crippen LogP contribution is 2.31. The lowest BCUT2D eigenvalue weighted by atomic mass is 10.2. The highest BCUT2D eigenvalue weighted by molar-refractivity contribution is 5.98. The van der Waals surface area contributed by atoms with Gasteiger partial charge in [0.1, 0.15) is 5.75 Å². The van der Waals surface area contributed by atoms with Crippen LogP contribution in [0.15, 0.2) is 24.3 Å². The van der Waals surface area contributed by atoms with Crippen LogP contribution in [-0.4, -0.2) is 53.5 Å². The zero-order valence-corrected chi connectivity index (χ0v) is 13.9. The minimum absolute atomic E-state index is 0.0435. The van der Waals surface area contributed by atoms with E-state index in [9.17, 15) is 14.4 Å². The molecule has 1 aromatic rings. The van der Waals surface area contributed by atoms with Gasteiger partial charge in [0.2, 0.25) is 5.91 Å². The predicted molar refractivity (Wildman–Crippen MR) is 88.0 cm³/mol. The number of carbonyl (C=O) groups is 3. The molecule has 0 unspecified atom stereocenters. The standard InChI is InChI=1S/C17H22N2O5/c1-12(2)18(10-8-17(22)23)15(20)7-9-19-13-5-3-4-6-14(13)24-11-16(19)21/h3-6,12H,7-11H2,1-2H3,(H,22,23). The van der Waals surface area contributed by atoms with Crippen LogP contribution < -0.4 is 9.64 Å². The maximum atomic E-state index is 12.4. The molecule has 0 saturated carbocycles. The molecule has 24 heavy (non-hydrogen) atoms. The van der Waals surface area contributed by atoms with Crippen molar-refractivity contribution in [3.05, 3.63) is 24.3 Å². The van der Waals surface area contributed by atoms with Crippen molar-refractivity contribution in [1.82, 2.24) is 4.90 Å². The second kappa shape index (κ2) is 7.81. The van der Waals surface area contributed by atoms with E-state index < -0.39 is 5.97 Å². The molecular weight excluding hydrogens is 312 g/mol. The number of nitrogens with zero attached hydrogens (tertiary/aromatic N) is 2. The Bertz CT molecular complexity index is 629. The monoisotopic (exact) mass is 334 g/mol. The van der Waals surface area contributed by atoms with Crippen molar-refractivity contribution in [2.75, 3.05) is 24.6 Å². The number of hydrogen-bond acceptors (Lipinski definition) is 4. The summed E-state index contributed by atoms with van der Waals surface area (Å²) in [6, 6.07) is 7.10. The Hall–Kier alpha value is -2.57. The Morgan fingerprint density at radius 2 is 2.00 bits per heavy atom. The molecule has 130 valence electrons. The van der Waals surface area contributed by atoms with Crippen molar-refractivity contribution in [3.8, 4) is 5.75 Å². The third-order valence-corrected chi connectivity index (χ3v) is 3.87. The van der Waals surface area contributed by atoms with E-state index >= 15 is 0 Å². The van der Waals surface area contributed by atoms with Gasteiger partial charge in [-0.25, -0.2) is 0 Å². The molecule has 7 heteroatoms. The topological polar surface area (TPSA) is 87.2 Å². The first-order valence-electron chi connectivity index (χ1n) is 7.93. The molecule has 0 aliphatic carbocycles. The maximum absolute atomic E-state index is 12.4. The smallest absolute Gasteiger partial charge is 0.305 e. The lowest BCUT2D eigenvalue weighted by Crippen LogP contribution is -2.43. The van der Waals surface area contributed by atoms with Gasteiger partial charge in [-0.3, -0.25) is 14.4 Å². The van der Waals surface area contributed by atoms with E-state index in [0.29, 0.717) is 11.4 Å². The minimum Gasteiger partial charge on any atom is -0.482 e. The van der Waals surface area contributed by atoms with Crippen LogP contribution in [0.25, 0.3) is 0 Å². The normalized spacial score (nSPS) is 13.5. The average molecular weight is 334 g/mol. The minimum atomic E-state index is -0.939. The van der Waals surface area contributed by atoms with E-state index in [1.165, 1.54) is 4.90 Å². The Morgan fingerprint density at radius 3 is 2.67 bits per heavy atom. The fraction of sp³-hybridized carbons (Fsp3) is 0.471. The number of carbonyl (C=O) groups excluding carboxylic acids is 2. The summed E-state index contributed by atoms with van der Waals surface area (Å²) < 4.78 is 5.37. The first-order valence-corrected chi connectivity index (χ1v) is 7.93. The molecule has 2 amide bonds. The zero-order chi connectivity index (χ0) is 17.7. The van der Waals surface area contributed by atoms with Crippen LogP contribution in [0.5, 0.6) is 5.75 Å². The van der Waals surface area contributed by atoms with Gasteiger partial charge in [-0.05, 0) is 26.0 Å². The van der Waals surface area contributed by atoms with Crippen molar-refractivity contribution < 1.29 is 24.2 Å². The highest BCUT2D eigenvalue weighted by atomic mass is 16.5. The van der Waals surface area contributed by atoms with E-state index in [1.807, 2.05) is 26.0 Å². The molecule has 7 nitrogen and oxygen atoms in total. The second-order valence-electron chi connectivity index (χ2n) is 5.88. The molecule has 1 aromatic carbocycles. The molecule has 0 spiro atoms. The largest absolute Gasteiger partial charge is 0.482 e. The highest BCUT2D eigenvalue weighted by Gasteiger charge is 2.26. The van der Waals surface area contributed by atoms with E-state index in [0.717, 1.165) is 0 Å². The van der Waals surface area contributed by atoms with Crippen LogP contribution >= 0.6 is 0 Å². The van der Waals surface area contributed by atoms with Crippen molar-refractivity contribution >= 4 is 23.5 Å². The number of benzene rings is 1. The van der Waals surface area contributed by atoms with Gasteiger partial charge in [0, 0.05) is 25.6 Å². The van der Waals surface area contributed by atoms with Crippen molar-refractivity contribution in [1.29, 1.82) is 0 Å². The number of ether oxygens (including phenoxy) is 1. The van der Waals surface area contributed by atoms with Gasteiger partial charge in [0.25, 0.3) is 5.91 Å². The van der Waals surface area contributed by atoms with Crippen LogP contribution in [0.3, 0.4) is 0 Å². The Labute approximate surface area is 140 Å². The summed E-state index contributed by atoms with van der Waals surface area (Å²) >= 11 is 0. The fourth-order valence-electron chi connectivity index (χ4n) is 2.64. The molecule has 2 rings (SSSR count). The van der Waals surface area contributed by atoms with Gasteiger partial charge < -0.3 is 19.6 Å². The number of amides is 2. The van der Waals surface area contributed by atoms with Crippen molar-refractivity contribution in [2.45, 2.75) is 32.7 Å². The molecular formula is C17H22N2O5. The Morgan fingerprint density at radius 1 is 1.29 bits per heavy atom. The van der Waals surface area contributed by atoms with Crippen LogP contribution in [0.2, 0.25) is 0 Å². The quantitative estimate of drug-likeness (QED) is 0.817. The molecule has 1 aliphatic heterocycles. The number of aliphatic carboxylic acids is 1. The maximum Gasteiger partial charge on any atom is 0.305 e. The number of fused-ring (bicyclic) bond motifs is 1. The van der Waals surface area contributed by atoms with Crippen LogP contribution in [0.4, 0.5) is 5.69 Å². The molecule has 0 fully saturated rings. The van der Waals surface area contributed by atoms with E-state index in [4.69, 9.17) is 9.84 Å². The summed E-state index contributed by atoms with van der Waals surface area (Å²) in [5, 5.41) is 8.80. The molecule has 1 heterocycles. The van der Waals surface area contributed by atoms with Gasteiger partial charge in [-0.1, -0.05) is 12.1 Å². The van der Waals surface area contributed by atoms with E-state index in [1.54, 1.807) is 17.0 Å². The number of hydrogen-bond donors (Lipinski definition) is 1. The van der Waals surface area contributed by atoms with Crippen molar-refractivity contribution in [2.24, 2.45) is 0 Å². The zero-order valence-electron chi connectivity index (χ0n) is 13.9. The van der Waals surface area contributed by atoms with Gasteiger partial charge in [-0.2, -0.15) is 0 Å². The number of carboxylic acids is 1. The first kappa shape index (κ1) is 17.8. The second-order valence-corrected chi connectivity index (χ2v) is 5.88. The fourth-order valence-corrected chi connectivity index (χ4v) is 2.64. The lowest BCUT2D eigenvalue weighted by molar-refractivity contribution is -0.139. The number of para-hydroxylation sites is 2. The molecule has 0 radical (unpaired) electrons. The van der Waals surface area contributed by atoms with Crippen molar-refractivity contribution in [3.63, 3.8) is 0 Å². The van der Waals surface area contributed by atoms with Crippen LogP contribution in [-0.2, 0) is 14.4 Å². The molecule has 0 saturated heterocycles. The van der Waals surface area contributed by atoms with E-state index in [2.05, 4.69) is 0 Å². The Kier molecular flexibility index (Phi) is 5.78. The summed E-state index contributed by atoms with van der Waals surface area (Å²) in [5.74, 6) is -0.673. The van der Waals surface area contributed by atoms with Gasteiger partial charge in [0.05, 0.1) is 12.1 Å². The molecule has 1 aliphatic rings. The lowest BCUT2D eigenvalue weighted by Gasteiger charge is -2.31. The summed E-state index contributed by atoms with van der Waals surface area (Å²) in [5.41, 5.74) is 0.656. The first-order chi connectivity index (χ1) is 11.4. The summed E-state index contributed by atoms with van der Waals surface area (Å²) in [4.78, 5) is 38.3. The average Bonchev–Trinajstić information content (AvgIpc) is 2.53. The number of rotatable bonds is 7.